The molecule has 5 rings (SSSR count). The average Bonchev–Trinajstić information content (AvgIpc) is 3.46. The molecule has 2 aliphatic rings. The van der Waals surface area contributed by atoms with Gasteiger partial charge in [-0.25, -0.2) is 14.0 Å². The van der Waals surface area contributed by atoms with Gasteiger partial charge < -0.3 is 29.2 Å². The third-order valence-corrected chi connectivity index (χ3v) is 5.44. The third-order valence-electron chi connectivity index (χ3n) is 5.44. The molecule has 0 radical (unpaired) electrons. The molecule has 2 aliphatic heterocycles. The Morgan fingerprint density at radius 1 is 1.22 bits per heavy atom. The van der Waals surface area contributed by atoms with Crippen LogP contribution in [0.3, 0.4) is 0 Å². The average molecular weight is 440 g/mol. The van der Waals surface area contributed by atoms with Gasteiger partial charge in [-0.15, -0.1) is 0 Å². The predicted molar refractivity (Wildman–Crippen MR) is 109 cm³/mol. The summed E-state index contributed by atoms with van der Waals surface area (Å²) >= 11 is 0. The Labute approximate surface area is 180 Å². The predicted octanol–water partition coefficient (Wildman–Crippen LogP) is 3.58. The number of carbonyl (C=O) groups is 2. The minimum Gasteiger partial charge on any atom is -0.496 e. The van der Waals surface area contributed by atoms with Crippen molar-refractivity contribution in [2.45, 2.75) is 12.7 Å². The van der Waals surface area contributed by atoms with Crippen molar-refractivity contribution in [3.63, 3.8) is 0 Å². The van der Waals surface area contributed by atoms with Gasteiger partial charge in [0.2, 0.25) is 6.29 Å². The largest absolute Gasteiger partial charge is 0.496 e. The van der Waals surface area contributed by atoms with Crippen molar-refractivity contribution in [3.05, 3.63) is 53.3 Å². The first-order valence-corrected chi connectivity index (χ1v) is 9.74. The first kappa shape index (κ1) is 20.0. The Bertz CT molecular complexity index is 1270. The molecule has 1 saturated heterocycles. The summed E-state index contributed by atoms with van der Waals surface area (Å²) in [6, 6.07) is 8.60. The fourth-order valence-electron chi connectivity index (χ4n) is 4.00. The number of methoxy groups -OCH3 is 1. The molecule has 164 valence electrons. The van der Waals surface area contributed by atoms with E-state index in [-0.39, 0.29) is 17.2 Å². The monoisotopic (exact) mass is 440 g/mol. The fourth-order valence-corrected chi connectivity index (χ4v) is 4.00. The molecular weight excluding hydrogens is 423 g/mol. The molecule has 3 aromatic rings. The second-order valence-electron chi connectivity index (χ2n) is 7.29. The van der Waals surface area contributed by atoms with Crippen LogP contribution in [0.4, 0.5) is 9.18 Å². The maximum atomic E-state index is 13.4. The Balaban J connectivity index is 1.70. The second kappa shape index (κ2) is 7.65. The van der Waals surface area contributed by atoms with Crippen molar-refractivity contribution in [1.82, 2.24) is 0 Å². The lowest BCUT2D eigenvalue weighted by molar-refractivity contribution is -0.106. The minimum absolute atomic E-state index is 0.0399. The highest BCUT2D eigenvalue weighted by molar-refractivity contribution is 6.14. The number of fused-ring (bicyclic) bond motifs is 2. The van der Waals surface area contributed by atoms with Gasteiger partial charge in [0.1, 0.15) is 34.2 Å². The van der Waals surface area contributed by atoms with Crippen molar-refractivity contribution in [1.29, 1.82) is 0 Å². The summed E-state index contributed by atoms with van der Waals surface area (Å²) in [6.07, 6.45) is -0.972. The minimum atomic E-state index is -1.26. The van der Waals surface area contributed by atoms with E-state index in [0.29, 0.717) is 40.2 Å². The van der Waals surface area contributed by atoms with Crippen molar-refractivity contribution in [2.24, 2.45) is 16.8 Å². The molecule has 10 heteroatoms. The maximum absolute atomic E-state index is 13.4. The summed E-state index contributed by atoms with van der Waals surface area (Å²) in [4.78, 5) is 29.3. The molecule has 3 heterocycles. The fraction of sp³-hybridized carbons (Fsp3) is 0.227. The van der Waals surface area contributed by atoms with E-state index in [1.807, 2.05) is 0 Å². The lowest BCUT2D eigenvalue weighted by Crippen LogP contribution is -2.19. The van der Waals surface area contributed by atoms with Crippen molar-refractivity contribution < 1.29 is 37.4 Å². The molecule has 0 saturated carbocycles. The molecular formula is C22H17FN2O7. The zero-order chi connectivity index (χ0) is 22.4. The van der Waals surface area contributed by atoms with E-state index in [9.17, 15) is 14.0 Å². The van der Waals surface area contributed by atoms with Gasteiger partial charge in [-0.3, -0.25) is 0 Å². The van der Waals surface area contributed by atoms with E-state index in [4.69, 9.17) is 24.5 Å². The van der Waals surface area contributed by atoms with E-state index >= 15 is 0 Å². The van der Waals surface area contributed by atoms with Crippen molar-refractivity contribution >= 4 is 28.7 Å². The standard InChI is InChI=1S/C22H17FN2O7/c1-28-15-8-13-16(9-14(15)18-12-6-7-29-21(12)32-25-18)30-19(10-2-4-11(23)5-3-10)17(13)20(26)31-22(24)27/h2-5,8-9,12,21H,6-7H2,1H3,(H2,24,27). The highest BCUT2D eigenvalue weighted by Gasteiger charge is 2.41. The van der Waals surface area contributed by atoms with E-state index < -0.39 is 24.2 Å². The van der Waals surface area contributed by atoms with Crippen LogP contribution in [0.25, 0.3) is 22.3 Å². The van der Waals surface area contributed by atoms with E-state index in [1.165, 1.54) is 31.4 Å². The molecule has 2 atom stereocenters. The SMILES string of the molecule is COc1cc2c(C(=O)OC(N)=O)c(-c3ccc(F)cc3)oc2cc1C1=NOC2OCCC12. The van der Waals surface area contributed by atoms with Crippen LogP contribution in [0, 0.1) is 11.7 Å². The normalized spacial score (nSPS) is 19.4. The summed E-state index contributed by atoms with van der Waals surface area (Å²) in [5.74, 6) is -1.02. The number of benzene rings is 2. The molecule has 0 aliphatic carbocycles. The van der Waals surface area contributed by atoms with E-state index in [1.54, 1.807) is 12.1 Å². The first-order valence-electron chi connectivity index (χ1n) is 9.74. The Morgan fingerprint density at radius 3 is 2.72 bits per heavy atom. The maximum Gasteiger partial charge on any atom is 0.412 e. The molecule has 1 aromatic heterocycles. The number of furan rings is 1. The number of rotatable bonds is 4. The highest BCUT2D eigenvalue weighted by Crippen LogP contribution is 2.40. The first-order chi connectivity index (χ1) is 15.5. The number of nitrogens with two attached hydrogens (primary N) is 1. The van der Waals surface area contributed by atoms with Crippen LogP contribution >= 0.6 is 0 Å². The molecule has 9 nitrogen and oxygen atoms in total. The second-order valence-corrected chi connectivity index (χ2v) is 7.29. The number of hydrogen-bond donors (Lipinski definition) is 1. The Kier molecular flexibility index (Phi) is 4.78. The van der Waals surface area contributed by atoms with Crippen LogP contribution in [0.5, 0.6) is 5.75 Å². The lowest BCUT2D eigenvalue weighted by Gasteiger charge is -2.11. The number of nitrogens with zero attached hydrogens (tertiary/aromatic N) is 1. The Morgan fingerprint density at radius 2 is 2.00 bits per heavy atom. The summed E-state index contributed by atoms with van der Waals surface area (Å²) < 4.78 is 35.1. The van der Waals surface area contributed by atoms with Gasteiger partial charge >= 0.3 is 12.1 Å². The van der Waals surface area contributed by atoms with Crippen LogP contribution in [0.1, 0.15) is 22.3 Å². The molecule has 0 bridgehead atoms. The van der Waals surface area contributed by atoms with Crippen LogP contribution in [0.2, 0.25) is 0 Å². The van der Waals surface area contributed by atoms with Gasteiger partial charge in [0.25, 0.3) is 0 Å². The van der Waals surface area contributed by atoms with Gasteiger partial charge in [0.05, 0.1) is 19.6 Å². The van der Waals surface area contributed by atoms with Crippen LogP contribution < -0.4 is 10.5 Å². The number of oxime groups is 1. The van der Waals surface area contributed by atoms with Gasteiger partial charge in [-0.2, -0.15) is 0 Å². The van der Waals surface area contributed by atoms with Gasteiger partial charge in [0.15, 0.2) is 0 Å². The van der Waals surface area contributed by atoms with Crippen LogP contribution in [-0.2, 0) is 14.3 Å². The third kappa shape index (κ3) is 3.25. The van der Waals surface area contributed by atoms with Crippen molar-refractivity contribution in [2.75, 3.05) is 13.7 Å². The molecule has 32 heavy (non-hydrogen) atoms. The van der Waals surface area contributed by atoms with Crippen LogP contribution in [-0.4, -0.2) is 37.8 Å². The van der Waals surface area contributed by atoms with Crippen LogP contribution in [0.15, 0.2) is 46.0 Å². The molecule has 0 spiro atoms. The summed E-state index contributed by atoms with van der Waals surface area (Å²) in [7, 11) is 1.48. The van der Waals surface area contributed by atoms with Gasteiger partial charge in [-0.1, -0.05) is 5.16 Å². The number of amides is 1. The quantitative estimate of drug-likeness (QED) is 0.486. The number of primary amides is 1. The number of halogens is 1. The zero-order valence-corrected chi connectivity index (χ0v) is 16.8. The number of ether oxygens (including phenoxy) is 3. The molecule has 2 N–H and O–H groups in total. The Hall–Kier alpha value is -3.92. The molecule has 1 fully saturated rings. The number of hydrogen-bond acceptors (Lipinski definition) is 8. The topological polar surface area (TPSA) is 123 Å². The highest BCUT2D eigenvalue weighted by atomic mass is 19.1. The zero-order valence-electron chi connectivity index (χ0n) is 16.8. The van der Waals surface area contributed by atoms with E-state index in [0.717, 1.165) is 6.42 Å². The van der Waals surface area contributed by atoms with Gasteiger partial charge in [-0.05, 0) is 42.8 Å². The van der Waals surface area contributed by atoms with Gasteiger partial charge in [0, 0.05) is 16.5 Å². The summed E-state index contributed by atoms with van der Waals surface area (Å²) in [5, 5.41) is 4.48. The summed E-state index contributed by atoms with van der Waals surface area (Å²) in [5.41, 5.74) is 6.97. The smallest absolute Gasteiger partial charge is 0.412 e. The molecule has 2 aromatic carbocycles. The lowest BCUT2D eigenvalue weighted by atomic mass is 9.93. The summed E-state index contributed by atoms with van der Waals surface area (Å²) in [6.45, 7) is 0.553. The molecule has 1 amide bonds. The van der Waals surface area contributed by atoms with E-state index in [2.05, 4.69) is 9.89 Å². The molecule has 2 unspecified atom stereocenters. The number of carbonyl (C=O) groups excluding carboxylic acids is 2. The van der Waals surface area contributed by atoms with Crippen molar-refractivity contribution in [3.8, 4) is 17.1 Å². The number of esters is 1.